The van der Waals surface area contributed by atoms with Crippen LogP contribution in [0.5, 0.6) is 0 Å². The van der Waals surface area contributed by atoms with Crippen LogP contribution in [-0.4, -0.2) is 24.4 Å². The van der Waals surface area contributed by atoms with Gasteiger partial charge in [0.25, 0.3) is 0 Å². The zero-order valence-electron chi connectivity index (χ0n) is 10.8. The van der Waals surface area contributed by atoms with E-state index in [1.807, 2.05) is 42.0 Å². The Labute approximate surface area is 109 Å². The van der Waals surface area contributed by atoms with Crippen molar-refractivity contribution in [3.63, 3.8) is 0 Å². The molecule has 0 unspecified atom stereocenters. The Morgan fingerprint density at radius 2 is 1.94 bits per heavy atom. The first-order valence-corrected chi connectivity index (χ1v) is 8.33. The summed E-state index contributed by atoms with van der Waals surface area (Å²) in [5, 5.41) is 0.830. The van der Waals surface area contributed by atoms with E-state index in [1.54, 1.807) is 0 Å². The average molecular weight is 265 g/mol. The van der Waals surface area contributed by atoms with E-state index in [9.17, 15) is 4.57 Å². The molecule has 2 fully saturated rings. The van der Waals surface area contributed by atoms with Crippen LogP contribution in [0, 0.1) is 5.92 Å². The Hall–Kier alpha value is -0.630. The van der Waals surface area contributed by atoms with E-state index in [0.717, 1.165) is 11.7 Å². The van der Waals surface area contributed by atoms with Crippen LogP contribution >= 0.6 is 7.52 Å². The van der Waals surface area contributed by atoms with Crippen LogP contribution in [0.1, 0.15) is 25.7 Å². The second kappa shape index (κ2) is 4.80. The molecule has 98 valence electrons. The Balaban J connectivity index is 1.92. The topological polar surface area (TPSA) is 29.5 Å². The van der Waals surface area contributed by atoms with Gasteiger partial charge < -0.3 is 4.52 Å². The van der Waals surface area contributed by atoms with Crippen LogP contribution in [0.3, 0.4) is 0 Å². The highest BCUT2D eigenvalue weighted by molar-refractivity contribution is 7.64. The summed E-state index contributed by atoms with van der Waals surface area (Å²) in [5.74, 6) is 0.564. The maximum absolute atomic E-state index is 13.1. The van der Waals surface area contributed by atoms with Crippen molar-refractivity contribution >= 4 is 12.8 Å². The van der Waals surface area contributed by atoms with Gasteiger partial charge in [-0.2, -0.15) is 0 Å². The fraction of sp³-hybridized carbons (Fsp3) is 0.571. The molecule has 0 bridgehead atoms. The maximum Gasteiger partial charge on any atom is 0.302 e. The zero-order valence-corrected chi connectivity index (χ0v) is 11.7. The second-order valence-electron chi connectivity index (χ2n) is 5.34. The Bertz CT molecular complexity index is 462. The average Bonchev–Trinajstić information content (AvgIpc) is 2.44. The molecule has 0 N–H and O–H groups in total. The number of benzene rings is 1. The highest BCUT2D eigenvalue weighted by Gasteiger charge is 2.44. The Morgan fingerprint density at radius 3 is 2.72 bits per heavy atom. The van der Waals surface area contributed by atoms with Gasteiger partial charge in [-0.05, 0) is 37.9 Å². The van der Waals surface area contributed by atoms with E-state index >= 15 is 0 Å². The summed E-state index contributed by atoms with van der Waals surface area (Å²) in [6.07, 6.45) is 4.90. The van der Waals surface area contributed by atoms with Gasteiger partial charge >= 0.3 is 7.52 Å². The van der Waals surface area contributed by atoms with Gasteiger partial charge in [0, 0.05) is 6.04 Å². The molecule has 3 nitrogen and oxygen atoms in total. The fourth-order valence-corrected chi connectivity index (χ4v) is 5.56. The minimum Gasteiger partial charge on any atom is -0.314 e. The molecule has 1 aliphatic heterocycles. The third-order valence-corrected chi connectivity index (χ3v) is 6.89. The molecule has 0 radical (unpaired) electrons. The van der Waals surface area contributed by atoms with Gasteiger partial charge in [0.2, 0.25) is 0 Å². The fourth-order valence-electron chi connectivity index (χ4n) is 3.23. The van der Waals surface area contributed by atoms with Crippen molar-refractivity contribution in [3.05, 3.63) is 30.3 Å². The lowest BCUT2D eigenvalue weighted by Gasteiger charge is -2.45. The van der Waals surface area contributed by atoms with Gasteiger partial charge in [-0.15, -0.1) is 0 Å². The summed E-state index contributed by atoms with van der Waals surface area (Å²) < 4.78 is 21.0. The van der Waals surface area contributed by atoms with Crippen molar-refractivity contribution < 1.29 is 9.09 Å². The second-order valence-corrected chi connectivity index (χ2v) is 7.78. The number of hydrogen-bond donors (Lipinski definition) is 0. The van der Waals surface area contributed by atoms with E-state index in [1.165, 1.54) is 19.3 Å². The first-order valence-electron chi connectivity index (χ1n) is 6.75. The molecule has 4 heteroatoms. The molecule has 3 rings (SSSR count). The maximum atomic E-state index is 13.1. The zero-order chi connectivity index (χ0) is 12.6. The van der Waals surface area contributed by atoms with Crippen LogP contribution in [0.2, 0.25) is 0 Å². The number of hydrogen-bond acceptors (Lipinski definition) is 2. The summed E-state index contributed by atoms with van der Waals surface area (Å²) >= 11 is 0. The molecule has 0 spiro atoms. The smallest absolute Gasteiger partial charge is 0.302 e. The van der Waals surface area contributed by atoms with Crippen molar-refractivity contribution in [2.24, 2.45) is 5.92 Å². The predicted molar refractivity (Wildman–Crippen MR) is 73.1 cm³/mol. The summed E-state index contributed by atoms with van der Waals surface area (Å²) in [5.41, 5.74) is 0. The minimum atomic E-state index is -2.81. The monoisotopic (exact) mass is 265 g/mol. The molecule has 1 aromatic rings. The van der Waals surface area contributed by atoms with Crippen molar-refractivity contribution in [1.29, 1.82) is 0 Å². The van der Waals surface area contributed by atoms with Gasteiger partial charge in [0.15, 0.2) is 0 Å². The van der Waals surface area contributed by atoms with Gasteiger partial charge in [0.1, 0.15) is 0 Å². The Kier molecular flexibility index (Phi) is 3.31. The van der Waals surface area contributed by atoms with Gasteiger partial charge in [0.05, 0.1) is 11.9 Å². The molecule has 0 amide bonds. The van der Waals surface area contributed by atoms with Crippen LogP contribution in [0.25, 0.3) is 0 Å². The van der Waals surface area contributed by atoms with Crippen molar-refractivity contribution in [1.82, 2.24) is 4.67 Å². The van der Waals surface area contributed by atoms with E-state index in [2.05, 4.69) is 0 Å². The predicted octanol–water partition coefficient (Wildman–Crippen LogP) is 3.03. The molecule has 18 heavy (non-hydrogen) atoms. The van der Waals surface area contributed by atoms with E-state index in [-0.39, 0.29) is 0 Å². The van der Waals surface area contributed by atoms with Gasteiger partial charge in [-0.1, -0.05) is 31.0 Å². The lowest BCUT2D eigenvalue weighted by Crippen LogP contribution is -2.46. The molecule has 1 aliphatic carbocycles. The molecule has 3 atom stereocenters. The first kappa shape index (κ1) is 12.4. The largest absolute Gasteiger partial charge is 0.314 e. The quantitative estimate of drug-likeness (QED) is 0.731. The highest BCUT2D eigenvalue weighted by Crippen LogP contribution is 2.56. The molecule has 1 saturated carbocycles. The van der Waals surface area contributed by atoms with Crippen LogP contribution < -0.4 is 5.30 Å². The molecule has 0 aromatic heterocycles. The standard InChI is InChI=1S/C14H20NO2P/c1-15-14-10-6-5-7-12(14)11-17-18(15,16)13-8-3-2-4-9-13/h2-4,8-9,12,14H,5-7,10-11H2,1H3/t12-,14-,18-/m1/s1. The van der Waals surface area contributed by atoms with Crippen molar-refractivity contribution in [2.45, 2.75) is 31.7 Å². The molecule has 1 saturated heterocycles. The highest BCUT2D eigenvalue weighted by atomic mass is 31.2. The normalized spacial score (nSPS) is 37.2. The van der Waals surface area contributed by atoms with Crippen LogP contribution in [-0.2, 0) is 9.09 Å². The third-order valence-electron chi connectivity index (χ3n) is 4.31. The number of rotatable bonds is 1. The first-order chi connectivity index (χ1) is 8.72. The van der Waals surface area contributed by atoms with E-state index in [4.69, 9.17) is 4.52 Å². The lowest BCUT2D eigenvalue weighted by atomic mass is 9.85. The third kappa shape index (κ3) is 1.95. The summed E-state index contributed by atoms with van der Waals surface area (Å²) in [4.78, 5) is 0. The van der Waals surface area contributed by atoms with Gasteiger partial charge in [-0.3, -0.25) is 4.57 Å². The van der Waals surface area contributed by atoms with Crippen molar-refractivity contribution in [3.8, 4) is 0 Å². The van der Waals surface area contributed by atoms with Crippen LogP contribution in [0.4, 0.5) is 0 Å². The Morgan fingerprint density at radius 1 is 1.22 bits per heavy atom. The van der Waals surface area contributed by atoms with Gasteiger partial charge in [-0.25, -0.2) is 4.67 Å². The summed E-state index contributed by atoms with van der Waals surface area (Å²) in [6, 6.07) is 10.1. The lowest BCUT2D eigenvalue weighted by molar-refractivity contribution is 0.0836. The SMILES string of the molecule is CN1[C@@H]2CCCC[C@@H]2CO[P@]1(=O)c1ccccc1. The molecular weight excluding hydrogens is 245 g/mol. The summed E-state index contributed by atoms with van der Waals surface area (Å²) in [7, 11) is -0.845. The molecular formula is C14H20NO2P. The van der Waals surface area contributed by atoms with Crippen LogP contribution in [0.15, 0.2) is 30.3 Å². The number of fused-ring (bicyclic) bond motifs is 1. The minimum absolute atomic E-state index is 0.429. The molecule has 2 aliphatic rings. The number of nitrogens with zero attached hydrogens (tertiary/aromatic N) is 1. The van der Waals surface area contributed by atoms with E-state index in [0.29, 0.717) is 18.6 Å². The molecule has 1 aromatic carbocycles. The van der Waals surface area contributed by atoms with E-state index < -0.39 is 7.52 Å². The van der Waals surface area contributed by atoms with Crippen molar-refractivity contribution in [2.75, 3.05) is 13.7 Å². The molecule has 1 heterocycles. The summed E-state index contributed by atoms with van der Waals surface area (Å²) in [6.45, 7) is 0.654.